The summed E-state index contributed by atoms with van der Waals surface area (Å²) in [5, 5.41) is 10.4. The smallest absolute Gasteiger partial charge is 0.109 e. The Morgan fingerprint density at radius 3 is 1.48 bits per heavy atom. The summed E-state index contributed by atoms with van der Waals surface area (Å²) >= 11 is 3.86. The summed E-state index contributed by atoms with van der Waals surface area (Å²) < 4.78 is 0. The average Bonchev–Trinajstić information content (AvgIpc) is 3.16. The molecule has 242 valence electrons. The Morgan fingerprint density at radius 1 is 0.714 bits per heavy atom. The highest BCUT2D eigenvalue weighted by Gasteiger charge is 2.47. The Labute approximate surface area is 268 Å². The maximum Gasteiger partial charge on any atom is 0.109 e. The maximum absolute atomic E-state index is 5.12. The van der Waals surface area contributed by atoms with Crippen LogP contribution in [0, 0.1) is 0 Å². The van der Waals surface area contributed by atoms with Gasteiger partial charge in [0.15, 0.2) is 0 Å². The summed E-state index contributed by atoms with van der Waals surface area (Å²) in [5.41, 5.74) is -0.493. The number of hydrogen-bond donors (Lipinski definition) is 2. The van der Waals surface area contributed by atoms with Crippen LogP contribution < -0.4 is 10.6 Å². The molecule has 0 aliphatic carbocycles. The zero-order valence-corrected chi connectivity index (χ0v) is 30.6. The second-order valence-electron chi connectivity index (χ2n) is 14.2. The zero-order chi connectivity index (χ0) is 31.8. The van der Waals surface area contributed by atoms with E-state index in [-0.39, 0.29) is 22.4 Å². The highest BCUT2D eigenvalue weighted by molar-refractivity contribution is 8.14. The molecule has 0 aromatic rings. The largest absolute Gasteiger partial charge is 0.299 e. The molecule has 2 aliphatic heterocycles. The first-order valence-corrected chi connectivity index (χ1v) is 18.3. The fraction of sp³-hybridized carbons (Fsp3) is 0.824. The molecule has 0 aromatic carbocycles. The Balaban J connectivity index is 1.88. The summed E-state index contributed by atoms with van der Waals surface area (Å²) in [5.74, 6) is 2.14. The van der Waals surface area contributed by atoms with E-state index >= 15 is 0 Å². The molecule has 0 radical (unpaired) electrons. The highest BCUT2D eigenvalue weighted by Crippen LogP contribution is 2.40. The molecule has 2 N–H and O–H groups in total. The first-order valence-electron chi connectivity index (χ1n) is 16.3. The van der Waals surface area contributed by atoms with Crippen molar-refractivity contribution < 1.29 is 0 Å². The van der Waals surface area contributed by atoms with Gasteiger partial charge in [-0.1, -0.05) is 38.3 Å². The summed E-state index contributed by atoms with van der Waals surface area (Å²) in [4.78, 5) is 15.1. The molecular formula is C34H64N6S2. The average molecular weight is 621 g/mol. The summed E-state index contributed by atoms with van der Waals surface area (Å²) in [6, 6.07) is 0.875. The SMILES string of the molecule is C=CCN1C(C)(C)N=C(SCCC(C)NC(CCCCC)NC(C)CCSC2=NC(C)(C)N(CC=C)C2(C)C)C1(C)C. The molecule has 0 fully saturated rings. The molecule has 42 heavy (non-hydrogen) atoms. The molecule has 0 amide bonds. The summed E-state index contributed by atoms with van der Waals surface area (Å²) in [7, 11) is 0. The van der Waals surface area contributed by atoms with E-state index < -0.39 is 0 Å². The molecule has 2 unspecified atom stereocenters. The second-order valence-corrected chi connectivity index (χ2v) is 16.4. The van der Waals surface area contributed by atoms with Crippen molar-refractivity contribution in [3.63, 3.8) is 0 Å². The van der Waals surface area contributed by atoms with Crippen molar-refractivity contribution in [1.82, 2.24) is 20.4 Å². The molecule has 2 rings (SSSR count). The van der Waals surface area contributed by atoms with Crippen molar-refractivity contribution in [2.75, 3.05) is 24.6 Å². The van der Waals surface area contributed by atoms with Crippen molar-refractivity contribution in [2.45, 2.75) is 155 Å². The molecule has 0 aromatic heterocycles. The van der Waals surface area contributed by atoms with Gasteiger partial charge in [0.1, 0.15) is 11.3 Å². The first kappa shape index (κ1) is 37.5. The highest BCUT2D eigenvalue weighted by atomic mass is 32.2. The fourth-order valence-corrected chi connectivity index (χ4v) is 9.23. The van der Waals surface area contributed by atoms with E-state index in [1.54, 1.807) is 0 Å². The van der Waals surface area contributed by atoms with E-state index in [9.17, 15) is 0 Å². The van der Waals surface area contributed by atoms with Crippen molar-refractivity contribution in [3.8, 4) is 0 Å². The van der Waals surface area contributed by atoms with Gasteiger partial charge in [0.25, 0.3) is 0 Å². The molecular weight excluding hydrogens is 557 g/mol. The van der Waals surface area contributed by atoms with Gasteiger partial charge in [-0.25, -0.2) is 0 Å². The van der Waals surface area contributed by atoms with Crippen LogP contribution >= 0.6 is 23.5 Å². The van der Waals surface area contributed by atoms with Gasteiger partial charge in [0.2, 0.25) is 0 Å². The van der Waals surface area contributed by atoms with Crippen LogP contribution in [0.5, 0.6) is 0 Å². The quantitative estimate of drug-likeness (QED) is 0.0922. The van der Waals surface area contributed by atoms with E-state index in [1.807, 2.05) is 35.7 Å². The minimum atomic E-state index is -0.187. The molecule has 0 spiro atoms. The van der Waals surface area contributed by atoms with E-state index in [2.05, 4.69) is 110 Å². The number of hydrogen-bond acceptors (Lipinski definition) is 8. The number of aliphatic imine (C=N–C) groups is 2. The third-order valence-electron chi connectivity index (χ3n) is 8.74. The molecule has 2 heterocycles. The lowest BCUT2D eigenvalue weighted by atomic mass is 10.0. The normalized spacial score (nSPS) is 23.3. The summed E-state index contributed by atoms with van der Waals surface area (Å²) in [6.07, 6.45) is 11.5. The molecule has 0 bridgehead atoms. The van der Waals surface area contributed by atoms with Gasteiger partial charge in [-0.15, -0.1) is 36.7 Å². The molecule has 8 heteroatoms. The second kappa shape index (κ2) is 16.1. The topological polar surface area (TPSA) is 55.3 Å². The number of unbranched alkanes of at least 4 members (excludes halogenated alkanes) is 2. The third-order valence-corrected chi connectivity index (χ3v) is 11.3. The van der Waals surface area contributed by atoms with Gasteiger partial charge in [-0.3, -0.25) is 30.4 Å². The van der Waals surface area contributed by atoms with Crippen LogP contribution in [0.2, 0.25) is 0 Å². The van der Waals surface area contributed by atoms with Gasteiger partial charge in [0.05, 0.1) is 27.3 Å². The lowest BCUT2D eigenvalue weighted by Crippen LogP contribution is -2.51. The van der Waals surface area contributed by atoms with E-state index in [4.69, 9.17) is 9.98 Å². The predicted octanol–water partition coefficient (Wildman–Crippen LogP) is 7.93. The van der Waals surface area contributed by atoms with Crippen LogP contribution in [0.15, 0.2) is 35.3 Å². The molecule has 0 saturated heterocycles. The van der Waals surface area contributed by atoms with Gasteiger partial charge in [0, 0.05) is 36.7 Å². The Kier molecular flexibility index (Phi) is 14.4. The van der Waals surface area contributed by atoms with E-state index in [0.717, 1.165) is 43.9 Å². The van der Waals surface area contributed by atoms with Crippen LogP contribution in [-0.4, -0.2) is 85.1 Å². The molecule has 6 nitrogen and oxygen atoms in total. The van der Waals surface area contributed by atoms with Crippen LogP contribution in [-0.2, 0) is 0 Å². The number of thioether (sulfide) groups is 2. The number of nitrogens with zero attached hydrogens (tertiary/aromatic N) is 4. The van der Waals surface area contributed by atoms with Crippen LogP contribution in [0.25, 0.3) is 0 Å². The fourth-order valence-electron chi connectivity index (χ4n) is 6.40. The van der Waals surface area contributed by atoms with Crippen molar-refractivity contribution in [2.24, 2.45) is 9.98 Å². The van der Waals surface area contributed by atoms with E-state index in [1.165, 1.54) is 29.3 Å². The van der Waals surface area contributed by atoms with Crippen LogP contribution in [0.3, 0.4) is 0 Å². The predicted molar refractivity (Wildman–Crippen MR) is 192 cm³/mol. The van der Waals surface area contributed by atoms with Gasteiger partial charge >= 0.3 is 0 Å². The summed E-state index contributed by atoms with van der Waals surface area (Å²) in [6.45, 7) is 34.6. The minimum Gasteiger partial charge on any atom is -0.299 e. The van der Waals surface area contributed by atoms with Crippen molar-refractivity contribution in [3.05, 3.63) is 25.3 Å². The zero-order valence-electron chi connectivity index (χ0n) is 29.0. The van der Waals surface area contributed by atoms with Crippen molar-refractivity contribution in [1.29, 1.82) is 0 Å². The Bertz CT molecular complexity index is 868. The van der Waals surface area contributed by atoms with Gasteiger partial charge in [-0.2, -0.15) is 0 Å². The van der Waals surface area contributed by atoms with Crippen LogP contribution in [0.1, 0.15) is 115 Å². The standard InChI is InChI=1S/C34H64N6S2/c1-14-17-18-19-28(35-26(4)20-24-41-29-31(6,7)39(22-15-2)33(10,11)37-29)36-27(5)21-25-42-30-32(8,9)40(23-16-3)34(12,13)38-30/h15-16,26-28,35-36H,2-3,14,17-25H2,1,4-13H3. The van der Waals surface area contributed by atoms with Crippen LogP contribution in [0.4, 0.5) is 0 Å². The Hall–Kier alpha value is -0.640. The molecule has 2 aliphatic rings. The molecule has 2 atom stereocenters. The monoisotopic (exact) mass is 620 g/mol. The third kappa shape index (κ3) is 9.93. The lowest BCUT2D eigenvalue weighted by Gasteiger charge is -2.38. The lowest BCUT2D eigenvalue weighted by molar-refractivity contribution is 0.100. The molecule has 0 saturated carbocycles. The Morgan fingerprint density at radius 2 is 1.12 bits per heavy atom. The van der Waals surface area contributed by atoms with Gasteiger partial charge < -0.3 is 0 Å². The van der Waals surface area contributed by atoms with Gasteiger partial charge in [-0.05, 0) is 88.5 Å². The minimum absolute atomic E-state index is 0.0598. The maximum atomic E-state index is 5.12. The number of nitrogens with one attached hydrogen (secondary N) is 2. The van der Waals surface area contributed by atoms with E-state index in [0.29, 0.717) is 18.2 Å². The number of rotatable bonds is 18. The van der Waals surface area contributed by atoms with Crippen molar-refractivity contribution >= 4 is 33.6 Å². The first-order chi connectivity index (χ1) is 19.5.